The number of benzene rings is 2. The second-order valence-corrected chi connectivity index (χ2v) is 5.15. The number of nitrogens with two attached hydrogens (primary N) is 1. The van der Waals surface area contributed by atoms with Crippen molar-refractivity contribution in [1.82, 2.24) is 0 Å². The molecule has 0 heterocycles. The van der Waals surface area contributed by atoms with Gasteiger partial charge in [-0.25, -0.2) is 4.79 Å². The number of anilines is 1. The summed E-state index contributed by atoms with van der Waals surface area (Å²) in [6.45, 7) is 3.78. The van der Waals surface area contributed by atoms with Crippen LogP contribution in [0.15, 0.2) is 30.3 Å². The molecule has 0 spiro atoms. The highest BCUT2D eigenvalue weighted by Gasteiger charge is 2.16. The van der Waals surface area contributed by atoms with Crippen molar-refractivity contribution in [3.63, 3.8) is 0 Å². The van der Waals surface area contributed by atoms with E-state index in [1.54, 1.807) is 24.3 Å². The molecule has 0 aliphatic rings. The van der Waals surface area contributed by atoms with Crippen LogP contribution in [0.2, 0.25) is 5.02 Å². The Balaban J connectivity index is 2.47. The lowest BCUT2D eigenvalue weighted by Crippen LogP contribution is -2.05. The lowest BCUT2D eigenvalue weighted by Gasteiger charge is -2.15. The lowest BCUT2D eigenvalue weighted by molar-refractivity contribution is 0.0598. The van der Waals surface area contributed by atoms with Crippen LogP contribution in [0.5, 0.6) is 11.5 Å². The van der Waals surface area contributed by atoms with Gasteiger partial charge in [0.15, 0.2) is 0 Å². The van der Waals surface area contributed by atoms with Gasteiger partial charge in [-0.05, 0) is 55.3 Å². The average molecular weight is 306 g/mol. The number of methoxy groups -OCH3 is 1. The molecule has 0 aliphatic heterocycles. The molecule has 110 valence electrons. The number of ether oxygens (including phenoxy) is 2. The van der Waals surface area contributed by atoms with Gasteiger partial charge in [0.1, 0.15) is 17.1 Å². The zero-order chi connectivity index (χ0) is 15.6. The molecule has 4 nitrogen and oxygen atoms in total. The van der Waals surface area contributed by atoms with E-state index in [0.29, 0.717) is 22.2 Å². The number of rotatable bonds is 3. The fourth-order valence-electron chi connectivity index (χ4n) is 2.07. The van der Waals surface area contributed by atoms with Crippen LogP contribution in [0, 0.1) is 13.8 Å². The van der Waals surface area contributed by atoms with Gasteiger partial charge in [0, 0.05) is 10.7 Å². The highest BCUT2D eigenvalue weighted by molar-refractivity contribution is 6.30. The first-order valence-electron chi connectivity index (χ1n) is 6.35. The molecule has 5 heteroatoms. The van der Waals surface area contributed by atoms with Crippen molar-refractivity contribution >= 4 is 23.3 Å². The normalized spacial score (nSPS) is 10.3. The monoisotopic (exact) mass is 305 g/mol. The second-order valence-electron chi connectivity index (χ2n) is 4.72. The number of nitrogen functional groups attached to an aromatic ring is 1. The first kappa shape index (κ1) is 15.2. The van der Waals surface area contributed by atoms with Gasteiger partial charge in [-0.1, -0.05) is 11.6 Å². The van der Waals surface area contributed by atoms with Crippen LogP contribution in [0.4, 0.5) is 5.69 Å². The number of aryl methyl sites for hydroxylation is 2. The fraction of sp³-hybridized carbons (Fsp3) is 0.188. The molecule has 0 bridgehead atoms. The molecule has 0 amide bonds. The molecule has 0 aliphatic carbocycles. The van der Waals surface area contributed by atoms with Gasteiger partial charge >= 0.3 is 5.97 Å². The highest BCUT2D eigenvalue weighted by Crippen LogP contribution is 2.33. The molecule has 0 saturated carbocycles. The Morgan fingerprint density at radius 1 is 1.14 bits per heavy atom. The summed E-state index contributed by atoms with van der Waals surface area (Å²) in [7, 11) is 1.31. The Labute approximate surface area is 128 Å². The van der Waals surface area contributed by atoms with Gasteiger partial charge in [-0.15, -0.1) is 0 Å². The lowest BCUT2D eigenvalue weighted by atomic mass is 10.1. The smallest absolute Gasteiger partial charge is 0.341 e. The van der Waals surface area contributed by atoms with Crippen molar-refractivity contribution in [3.05, 3.63) is 52.0 Å². The van der Waals surface area contributed by atoms with Gasteiger partial charge in [-0.2, -0.15) is 0 Å². The van der Waals surface area contributed by atoms with E-state index in [-0.39, 0.29) is 5.56 Å². The van der Waals surface area contributed by atoms with Crippen LogP contribution < -0.4 is 10.5 Å². The molecular weight excluding hydrogens is 290 g/mol. The van der Waals surface area contributed by atoms with Gasteiger partial charge in [0.25, 0.3) is 0 Å². The van der Waals surface area contributed by atoms with E-state index in [1.165, 1.54) is 13.2 Å². The van der Waals surface area contributed by atoms with E-state index in [0.717, 1.165) is 11.1 Å². The van der Waals surface area contributed by atoms with Crippen LogP contribution >= 0.6 is 11.6 Å². The zero-order valence-electron chi connectivity index (χ0n) is 12.1. The molecule has 2 aromatic rings. The van der Waals surface area contributed by atoms with Crippen LogP contribution in [-0.2, 0) is 4.74 Å². The Morgan fingerprint density at radius 3 is 2.33 bits per heavy atom. The van der Waals surface area contributed by atoms with Gasteiger partial charge < -0.3 is 15.2 Å². The molecule has 2 aromatic carbocycles. The molecule has 0 atom stereocenters. The summed E-state index contributed by atoms with van der Waals surface area (Å²) in [5, 5.41) is 0.642. The molecule has 0 fully saturated rings. The molecule has 0 unspecified atom stereocenters. The van der Waals surface area contributed by atoms with Crippen molar-refractivity contribution < 1.29 is 14.3 Å². The van der Waals surface area contributed by atoms with Crippen molar-refractivity contribution in [2.24, 2.45) is 0 Å². The third kappa shape index (κ3) is 3.28. The molecule has 2 N–H and O–H groups in total. The summed E-state index contributed by atoms with van der Waals surface area (Å²) < 4.78 is 10.6. The second kappa shape index (κ2) is 6.06. The van der Waals surface area contributed by atoms with Gasteiger partial charge in [0.2, 0.25) is 0 Å². The van der Waals surface area contributed by atoms with E-state index in [2.05, 4.69) is 0 Å². The number of hydrogen-bond acceptors (Lipinski definition) is 4. The summed E-state index contributed by atoms with van der Waals surface area (Å²) in [6, 6.07) is 8.46. The maximum atomic E-state index is 11.8. The van der Waals surface area contributed by atoms with Crippen LogP contribution in [0.25, 0.3) is 0 Å². The van der Waals surface area contributed by atoms with E-state index >= 15 is 0 Å². The third-order valence-electron chi connectivity index (χ3n) is 3.05. The minimum Gasteiger partial charge on any atom is -0.465 e. The van der Waals surface area contributed by atoms with Gasteiger partial charge in [-0.3, -0.25) is 0 Å². The first-order valence-corrected chi connectivity index (χ1v) is 6.72. The third-order valence-corrected chi connectivity index (χ3v) is 3.26. The standard InChI is InChI=1S/C16H16ClNO3/c1-9-6-11(17)7-10(2)15(9)21-14-5-4-12(18)8-13(14)16(19)20-3/h4-8H,18H2,1-3H3. The summed E-state index contributed by atoms with van der Waals surface area (Å²) in [6.07, 6.45) is 0. The number of esters is 1. The zero-order valence-corrected chi connectivity index (χ0v) is 12.8. The van der Waals surface area contributed by atoms with Gasteiger partial charge in [0.05, 0.1) is 7.11 Å². The predicted molar refractivity (Wildman–Crippen MR) is 83.2 cm³/mol. The fourth-order valence-corrected chi connectivity index (χ4v) is 2.40. The Kier molecular flexibility index (Phi) is 4.38. The average Bonchev–Trinajstić information content (AvgIpc) is 2.43. The van der Waals surface area contributed by atoms with E-state index in [1.807, 2.05) is 13.8 Å². The van der Waals surface area contributed by atoms with Crippen molar-refractivity contribution in [2.45, 2.75) is 13.8 Å². The molecule has 2 rings (SSSR count). The van der Waals surface area contributed by atoms with Crippen molar-refractivity contribution in [2.75, 3.05) is 12.8 Å². The highest BCUT2D eigenvalue weighted by atomic mass is 35.5. The number of hydrogen-bond donors (Lipinski definition) is 1. The SMILES string of the molecule is COC(=O)c1cc(N)ccc1Oc1c(C)cc(Cl)cc1C. The van der Waals surface area contributed by atoms with Crippen molar-refractivity contribution in [1.29, 1.82) is 0 Å². The van der Waals surface area contributed by atoms with E-state index < -0.39 is 5.97 Å². The maximum absolute atomic E-state index is 11.8. The number of halogens is 1. The van der Waals surface area contributed by atoms with E-state index in [9.17, 15) is 4.79 Å². The minimum atomic E-state index is -0.499. The largest absolute Gasteiger partial charge is 0.465 e. The summed E-state index contributed by atoms with van der Waals surface area (Å²) in [5.74, 6) is 0.556. The minimum absolute atomic E-state index is 0.284. The molecular formula is C16H16ClNO3. The Hall–Kier alpha value is -2.20. The summed E-state index contributed by atoms with van der Waals surface area (Å²) in [4.78, 5) is 11.8. The Morgan fingerprint density at radius 2 is 1.76 bits per heavy atom. The number of carbonyl (C=O) groups excluding carboxylic acids is 1. The Bertz CT molecular complexity index is 675. The summed E-state index contributed by atoms with van der Waals surface area (Å²) in [5.41, 5.74) is 8.23. The molecule has 21 heavy (non-hydrogen) atoms. The topological polar surface area (TPSA) is 61.5 Å². The van der Waals surface area contributed by atoms with Crippen LogP contribution in [0.3, 0.4) is 0 Å². The summed E-state index contributed by atoms with van der Waals surface area (Å²) >= 11 is 6.00. The molecule has 0 aromatic heterocycles. The predicted octanol–water partition coefficient (Wildman–Crippen LogP) is 4.12. The quantitative estimate of drug-likeness (QED) is 0.684. The molecule has 0 saturated heterocycles. The van der Waals surface area contributed by atoms with Crippen LogP contribution in [-0.4, -0.2) is 13.1 Å². The molecule has 0 radical (unpaired) electrons. The number of carbonyl (C=O) groups is 1. The van der Waals surface area contributed by atoms with Crippen molar-refractivity contribution in [3.8, 4) is 11.5 Å². The first-order chi connectivity index (χ1) is 9.92. The maximum Gasteiger partial charge on any atom is 0.341 e. The van der Waals surface area contributed by atoms with E-state index in [4.69, 9.17) is 26.8 Å². The van der Waals surface area contributed by atoms with Crippen LogP contribution in [0.1, 0.15) is 21.5 Å².